The second-order valence-corrected chi connectivity index (χ2v) is 6.62. The smallest absolute Gasteiger partial charge is 0.191 e. The van der Waals surface area contributed by atoms with Gasteiger partial charge in [0.05, 0.1) is 17.8 Å². The highest BCUT2D eigenvalue weighted by molar-refractivity contribution is 5.79. The molecule has 2 N–H and O–H groups in total. The van der Waals surface area contributed by atoms with Crippen molar-refractivity contribution >= 4 is 5.96 Å². The van der Waals surface area contributed by atoms with Crippen LogP contribution in [0.25, 0.3) is 0 Å². The molecule has 1 aromatic heterocycles. The highest BCUT2D eigenvalue weighted by atomic mass is 16.5. The molecule has 0 aromatic carbocycles. The Hall–Kier alpha value is -1.56. The van der Waals surface area contributed by atoms with Gasteiger partial charge >= 0.3 is 0 Å². The molecule has 2 atom stereocenters. The fourth-order valence-corrected chi connectivity index (χ4v) is 3.10. The zero-order valence-electron chi connectivity index (χ0n) is 15.0. The molecule has 1 fully saturated rings. The summed E-state index contributed by atoms with van der Waals surface area (Å²) in [6.45, 7) is 13.5. The molecular weight excluding hydrogens is 292 g/mol. The number of aryl methyl sites for hydroxylation is 2. The Morgan fingerprint density at radius 1 is 1.39 bits per heavy atom. The first-order chi connectivity index (χ1) is 10.9. The number of guanidine groups is 1. The van der Waals surface area contributed by atoms with Gasteiger partial charge in [-0.05, 0) is 40.5 Å². The van der Waals surface area contributed by atoms with Gasteiger partial charge in [0, 0.05) is 31.2 Å². The number of hydrogen-bond acceptors (Lipinski definition) is 4. The molecule has 0 bridgehead atoms. The van der Waals surface area contributed by atoms with Crippen LogP contribution in [-0.2, 0) is 4.74 Å². The Morgan fingerprint density at radius 2 is 2.17 bits per heavy atom. The molecule has 2 unspecified atom stereocenters. The summed E-state index contributed by atoms with van der Waals surface area (Å²) in [6.07, 6.45) is 2.20. The van der Waals surface area contributed by atoms with Gasteiger partial charge in [0.25, 0.3) is 0 Å². The van der Waals surface area contributed by atoms with Gasteiger partial charge in [-0.1, -0.05) is 12.1 Å². The van der Waals surface area contributed by atoms with E-state index in [1.165, 1.54) is 5.56 Å². The molecule has 1 aliphatic rings. The first-order valence-corrected chi connectivity index (χ1v) is 8.54. The van der Waals surface area contributed by atoms with E-state index < -0.39 is 0 Å². The highest BCUT2D eigenvalue weighted by Crippen LogP contribution is 2.25. The third-order valence-corrected chi connectivity index (χ3v) is 4.37. The minimum atomic E-state index is -0.115. The van der Waals surface area contributed by atoms with Gasteiger partial charge < -0.3 is 19.9 Å². The molecule has 1 saturated heterocycles. The number of aromatic nitrogens is 1. The molecule has 2 heterocycles. The highest BCUT2D eigenvalue weighted by Gasteiger charge is 2.29. The van der Waals surface area contributed by atoms with E-state index in [0.29, 0.717) is 12.5 Å². The van der Waals surface area contributed by atoms with Gasteiger partial charge in [-0.2, -0.15) is 0 Å². The zero-order chi connectivity index (χ0) is 16.9. The van der Waals surface area contributed by atoms with E-state index in [4.69, 9.17) is 14.3 Å². The Kier molecular flexibility index (Phi) is 6.04. The molecule has 0 aliphatic carbocycles. The molecule has 0 saturated carbocycles. The van der Waals surface area contributed by atoms with Crippen LogP contribution in [0.2, 0.25) is 0 Å². The third-order valence-electron chi connectivity index (χ3n) is 4.37. The fraction of sp³-hybridized carbons (Fsp3) is 0.765. The number of hydrogen-bond donors (Lipinski definition) is 2. The maximum atomic E-state index is 5.80. The van der Waals surface area contributed by atoms with Crippen molar-refractivity contribution in [2.24, 2.45) is 4.99 Å². The van der Waals surface area contributed by atoms with E-state index in [0.717, 1.165) is 50.0 Å². The van der Waals surface area contributed by atoms with Crippen molar-refractivity contribution < 1.29 is 9.26 Å². The minimum absolute atomic E-state index is 0.115. The second-order valence-electron chi connectivity index (χ2n) is 6.62. The van der Waals surface area contributed by atoms with Crippen LogP contribution in [0.4, 0.5) is 0 Å². The SMILES string of the molecule is CCNC(=NCC1(C)CCCO1)NCC(C)c1c(C)noc1C. The van der Waals surface area contributed by atoms with Crippen LogP contribution in [0.15, 0.2) is 9.52 Å². The summed E-state index contributed by atoms with van der Waals surface area (Å²) in [6, 6.07) is 0. The summed E-state index contributed by atoms with van der Waals surface area (Å²) in [5, 5.41) is 10.7. The van der Waals surface area contributed by atoms with Crippen LogP contribution in [-0.4, -0.2) is 43.0 Å². The van der Waals surface area contributed by atoms with Crippen molar-refractivity contribution in [2.75, 3.05) is 26.2 Å². The van der Waals surface area contributed by atoms with Crippen LogP contribution in [0.1, 0.15) is 56.5 Å². The number of nitrogens with zero attached hydrogens (tertiary/aromatic N) is 2. The Labute approximate surface area is 139 Å². The summed E-state index contributed by atoms with van der Waals surface area (Å²) in [5.41, 5.74) is 2.03. The Bertz CT molecular complexity index is 513. The summed E-state index contributed by atoms with van der Waals surface area (Å²) in [7, 11) is 0. The largest absolute Gasteiger partial charge is 0.373 e. The molecule has 130 valence electrons. The number of nitrogens with one attached hydrogen (secondary N) is 2. The van der Waals surface area contributed by atoms with Gasteiger partial charge in [-0.25, -0.2) is 0 Å². The van der Waals surface area contributed by atoms with Gasteiger partial charge in [-0.15, -0.1) is 0 Å². The molecule has 2 rings (SSSR count). The van der Waals surface area contributed by atoms with Crippen molar-refractivity contribution in [3.8, 4) is 0 Å². The third kappa shape index (κ3) is 4.70. The van der Waals surface area contributed by atoms with Crippen molar-refractivity contribution in [2.45, 2.75) is 59.0 Å². The molecule has 23 heavy (non-hydrogen) atoms. The summed E-state index contributed by atoms with van der Waals surface area (Å²) >= 11 is 0. The first-order valence-electron chi connectivity index (χ1n) is 8.54. The van der Waals surface area contributed by atoms with Crippen LogP contribution >= 0.6 is 0 Å². The molecular formula is C17H30N4O2. The molecule has 1 aromatic rings. The van der Waals surface area contributed by atoms with E-state index in [1.54, 1.807) is 0 Å². The zero-order valence-corrected chi connectivity index (χ0v) is 15.0. The van der Waals surface area contributed by atoms with E-state index >= 15 is 0 Å². The van der Waals surface area contributed by atoms with Crippen LogP contribution in [0.5, 0.6) is 0 Å². The number of rotatable bonds is 6. The van der Waals surface area contributed by atoms with Gasteiger partial charge in [-0.3, -0.25) is 4.99 Å². The van der Waals surface area contributed by atoms with Crippen molar-refractivity contribution in [1.82, 2.24) is 15.8 Å². The topological polar surface area (TPSA) is 71.7 Å². The van der Waals surface area contributed by atoms with Gasteiger partial charge in [0.2, 0.25) is 0 Å². The first kappa shape index (κ1) is 17.8. The predicted octanol–water partition coefficient (Wildman–Crippen LogP) is 2.52. The summed E-state index contributed by atoms with van der Waals surface area (Å²) in [5.74, 6) is 2.04. The lowest BCUT2D eigenvalue weighted by atomic mass is 10.00. The fourth-order valence-electron chi connectivity index (χ4n) is 3.10. The van der Waals surface area contributed by atoms with Gasteiger partial charge in [0.15, 0.2) is 5.96 Å². The molecule has 0 spiro atoms. The predicted molar refractivity (Wildman–Crippen MR) is 92.0 cm³/mol. The van der Waals surface area contributed by atoms with Crippen molar-refractivity contribution in [1.29, 1.82) is 0 Å². The van der Waals surface area contributed by atoms with Gasteiger partial charge in [0.1, 0.15) is 5.76 Å². The average molecular weight is 322 g/mol. The van der Waals surface area contributed by atoms with E-state index in [1.807, 2.05) is 13.8 Å². The maximum absolute atomic E-state index is 5.80. The van der Waals surface area contributed by atoms with Crippen LogP contribution < -0.4 is 10.6 Å². The molecule has 1 aliphatic heterocycles. The Morgan fingerprint density at radius 3 is 2.74 bits per heavy atom. The molecule has 0 amide bonds. The lowest BCUT2D eigenvalue weighted by Crippen LogP contribution is -2.40. The average Bonchev–Trinajstić information content (AvgIpc) is 3.08. The monoisotopic (exact) mass is 322 g/mol. The lowest BCUT2D eigenvalue weighted by Gasteiger charge is -2.22. The van der Waals surface area contributed by atoms with E-state index in [2.05, 4.69) is 36.6 Å². The van der Waals surface area contributed by atoms with Crippen molar-refractivity contribution in [3.63, 3.8) is 0 Å². The van der Waals surface area contributed by atoms with Crippen LogP contribution in [0.3, 0.4) is 0 Å². The Balaban J connectivity index is 1.94. The second kappa shape index (κ2) is 7.81. The number of aliphatic imine (C=N–C) groups is 1. The van der Waals surface area contributed by atoms with Crippen LogP contribution in [0, 0.1) is 13.8 Å². The number of ether oxygens (including phenoxy) is 1. The van der Waals surface area contributed by atoms with E-state index in [-0.39, 0.29) is 5.60 Å². The molecule has 0 radical (unpaired) electrons. The quantitative estimate of drug-likeness (QED) is 0.622. The normalized spacial score (nSPS) is 23.1. The van der Waals surface area contributed by atoms with Crippen molar-refractivity contribution in [3.05, 3.63) is 17.0 Å². The molecule has 6 heteroatoms. The lowest BCUT2D eigenvalue weighted by molar-refractivity contribution is 0.0283. The van der Waals surface area contributed by atoms with E-state index in [9.17, 15) is 0 Å². The maximum Gasteiger partial charge on any atom is 0.191 e. The minimum Gasteiger partial charge on any atom is -0.373 e. The summed E-state index contributed by atoms with van der Waals surface area (Å²) < 4.78 is 11.1. The molecule has 6 nitrogen and oxygen atoms in total. The summed E-state index contributed by atoms with van der Waals surface area (Å²) in [4.78, 5) is 4.70. The standard InChI is InChI=1S/C17H30N4O2/c1-6-18-16(20-11-17(5)8-7-9-22-17)19-10-12(2)15-13(3)21-23-14(15)4/h12H,6-11H2,1-5H3,(H2,18,19,20).